The first-order chi connectivity index (χ1) is 16.7. The number of alkyl halides is 3. The van der Waals surface area contributed by atoms with Crippen molar-refractivity contribution in [3.8, 4) is 0 Å². The first-order valence-corrected chi connectivity index (χ1v) is 13.4. The van der Waals surface area contributed by atoms with Crippen LogP contribution >= 0.6 is 11.8 Å². The van der Waals surface area contributed by atoms with Crippen molar-refractivity contribution in [2.24, 2.45) is 11.8 Å². The van der Waals surface area contributed by atoms with Crippen molar-refractivity contribution >= 4 is 40.4 Å². The number of rotatable bonds is 4. The van der Waals surface area contributed by atoms with E-state index in [1.54, 1.807) is 0 Å². The van der Waals surface area contributed by atoms with Crippen molar-refractivity contribution in [2.45, 2.75) is 67.8 Å². The van der Waals surface area contributed by atoms with Gasteiger partial charge in [0, 0.05) is 41.5 Å². The van der Waals surface area contributed by atoms with Gasteiger partial charge in [0.15, 0.2) is 0 Å². The minimum absolute atomic E-state index is 0.157. The third-order valence-electron chi connectivity index (χ3n) is 7.72. The van der Waals surface area contributed by atoms with Crippen LogP contribution in [0.25, 0.3) is 0 Å². The molecule has 1 saturated heterocycles. The summed E-state index contributed by atoms with van der Waals surface area (Å²) in [6, 6.07) is 8.51. The maximum Gasteiger partial charge on any atom is 0.416 e. The lowest BCUT2D eigenvalue weighted by Gasteiger charge is -2.34. The van der Waals surface area contributed by atoms with Crippen LogP contribution in [-0.4, -0.2) is 26.0 Å². The maximum absolute atomic E-state index is 13.8. The van der Waals surface area contributed by atoms with Gasteiger partial charge in [0.2, 0.25) is 5.91 Å². The number of fused-ring (bicyclic) bond motifs is 2. The number of nitrogens with one attached hydrogen (secondary N) is 1. The summed E-state index contributed by atoms with van der Waals surface area (Å²) >= 11 is 1.35. The first kappa shape index (κ1) is 24.3. The molecule has 2 aromatic carbocycles. The summed E-state index contributed by atoms with van der Waals surface area (Å²) in [6.07, 6.45) is 2.54. The van der Waals surface area contributed by atoms with Gasteiger partial charge in [-0.1, -0.05) is 37.9 Å². The lowest BCUT2D eigenvalue weighted by molar-refractivity contribution is -0.137. The van der Waals surface area contributed by atoms with Crippen molar-refractivity contribution < 1.29 is 18.0 Å². The molecule has 3 aliphatic rings. The summed E-state index contributed by atoms with van der Waals surface area (Å²) < 4.78 is 41.5. The van der Waals surface area contributed by atoms with Crippen LogP contribution in [-0.2, 0) is 11.0 Å². The lowest BCUT2D eigenvalue weighted by Crippen LogP contribution is -2.29. The average Bonchev–Trinajstić information content (AvgIpc) is 3.38. The summed E-state index contributed by atoms with van der Waals surface area (Å²) in [7, 11) is 1.86. The van der Waals surface area contributed by atoms with Gasteiger partial charge in [-0.05, 0) is 61.9 Å². The Morgan fingerprint density at radius 3 is 2.57 bits per heavy atom. The van der Waals surface area contributed by atoms with Crippen LogP contribution in [0, 0.1) is 11.8 Å². The Morgan fingerprint density at radius 2 is 1.86 bits per heavy atom. The Labute approximate surface area is 209 Å². The molecular weight excluding hydrogens is 471 g/mol. The second kappa shape index (κ2) is 9.60. The van der Waals surface area contributed by atoms with Crippen molar-refractivity contribution in [3.05, 3.63) is 35.9 Å². The molecule has 0 aromatic heterocycles. The number of amides is 1. The molecular formula is C27H32F3N3OS. The Kier molecular flexibility index (Phi) is 6.68. The summed E-state index contributed by atoms with van der Waals surface area (Å²) in [5, 5.41) is 2.91. The molecule has 1 amide bonds. The molecule has 1 saturated carbocycles. The van der Waals surface area contributed by atoms with Crippen LogP contribution in [0.4, 0.5) is 35.9 Å². The van der Waals surface area contributed by atoms with Gasteiger partial charge in [-0.25, -0.2) is 0 Å². The fraction of sp³-hybridized carbons (Fsp3) is 0.519. The molecule has 2 aliphatic heterocycles. The minimum Gasteiger partial charge on any atom is -0.372 e. The monoisotopic (exact) mass is 503 g/mol. The number of hydrogen-bond acceptors (Lipinski definition) is 4. The normalized spacial score (nSPS) is 22.1. The molecule has 1 N–H and O–H groups in total. The van der Waals surface area contributed by atoms with Crippen LogP contribution in [0.5, 0.6) is 0 Å². The first-order valence-electron chi connectivity index (χ1n) is 12.6. The van der Waals surface area contributed by atoms with E-state index in [0.29, 0.717) is 16.5 Å². The van der Waals surface area contributed by atoms with E-state index in [-0.39, 0.29) is 17.5 Å². The molecule has 1 aliphatic carbocycles. The molecule has 2 unspecified atom stereocenters. The van der Waals surface area contributed by atoms with E-state index in [0.717, 1.165) is 80.4 Å². The second-order valence-electron chi connectivity index (χ2n) is 10.0. The van der Waals surface area contributed by atoms with Gasteiger partial charge < -0.3 is 15.1 Å². The highest BCUT2D eigenvalue weighted by molar-refractivity contribution is 7.99. The van der Waals surface area contributed by atoms with Crippen molar-refractivity contribution in [1.29, 1.82) is 0 Å². The van der Waals surface area contributed by atoms with Gasteiger partial charge >= 0.3 is 6.18 Å². The van der Waals surface area contributed by atoms with E-state index in [4.69, 9.17) is 0 Å². The molecule has 35 heavy (non-hydrogen) atoms. The van der Waals surface area contributed by atoms with Gasteiger partial charge in [-0.3, -0.25) is 4.79 Å². The largest absolute Gasteiger partial charge is 0.416 e. The summed E-state index contributed by atoms with van der Waals surface area (Å²) in [5.41, 5.74) is 2.17. The molecule has 8 heteroatoms. The van der Waals surface area contributed by atoms with Crippen LogP contribution in [0.3, 0.4) is 0 Å². The van der Waals surface area contributed by atoms with Crippen LogP contribution in [0.15, 0.2) is 40.1 Å². The van der Waals surface area contributed by atoms with E-state index in [1.807, 2.05) is 18.0 Å². The molecule has 5 rings (SSSR count). The highest BCUT2D eigenvalue weighted by atomic mass is 32.2. The average molecular weight is 504 g/mol. The van der Waals surface area contributed by atoms with E-state index >= 15 is 0 Å². The molecule has 2 aromatic rings. The Bertz CT molecular complexity index is 1110. The van der Waals surface area contributed by atoms with Crippen LogP contribution in [0.1, 0.15) is 57.4 Å². The Balaban J connectivity index is 1.49. The zero-order valence-corrected chi connectivity index (χ0v) is 21.1. The Morgan fingerprint density at radius 1 is 1.09 bits per heavy atom. The molecule has 2 heterocycles. The van der Waals surface area contributed by atoms with Crippen LogP contribution < -0.4 is 15.1 Å². The zero-order valence-electron chi connectivity index (χ0n) is 20.3. The number of halogens is 3. The fourth-order valence-electron chi connectivity index (χ4n) is 5.70. The fourth-order valence-corrected chi connectivity index (χ4v) is 6.95. The third kappa shape index (κ3) is 4.86. The van der Waals surface area contributed by atoms with Gasteiger partial charge in [-0.2, -0.15) is 13.2 Å². The molecule has 0 spiro atoms. The third-order valence-corrected chi connectivity index (χ3v) is 8.80. The predicted octanol–water partition coefficient (Wildman–Crippen LogP) is 7.69. The summed E-state index contributed by atoms with van der Waals surface area (Å²) in [5.74, 6) is 0.179. The van der Waals surface area contributed by atoms with Gasteiger partial charge in [0.25, 0.3) is 0 Å². The van der Waals surface area contributed by atoms with E-state index in [2.05, 4.69) is 29.3 Å². The van der Waals surface area contributed by atoms with E-state index in [9.17, 15) is 18.0 Å². The van der Waals surface area contributed by atoms with Crippen molar-refractivity contribution in [3.63, 3.8) is 0 Å². The molecule has 2 fully saturated rings. The van der Waals surface area contributed by atoms with Gasteiger partial charge in [0.05, 0.1) is 22.6 Å². The lowest BCUT2D eigenvalue weighted by atomic mass is 9.80. The molecule has 0 radical (unpaired) electrons. The molecule has 2 atom stereocenters. The highest BCUT2D eigenvalue weighted by Gasteiger charge is 2.36. The van der Waals surface area contributed by atoms with Gasteiger partial charge in [0.1, 0.15) is 0 Å². The number of hydrogen-bond donors (Lipinski definition) is 1. The van der Waals surface area contributed by atoms with Gasteiger partial charge in [-0.15, -0.1) is 0 Å². The maximum atomic E-state index is 13.8. The SMILES string of the molecule is CCC1CCCC(C(=O)Nc2cc(C(F)(F)F)cc3c2N(C)c2ccc(N4CCCC4)cc2S3)C1. The Hall–Kier alpha value is -2.35. The topological polar surface area (TPSA) is 35.6 Å². The van der Waals surface area contributed by atoms with Crippen molar-refractivity contribution in [1.82, 2.24) is 0 Å². The van der Waals surface area contributed by atoms with E-state index < -0.39 is 11.7 Å². The smallest absolute Gasteiger partial charge is 0.372 e. The minimum atomic E-state index is -4.50. The highest BCUT2D eigenvalue weighted by Crippen LogP contribution is 2.53. The summed E-state index contributed by atoms with van der Waals surface area (Å²) in [6.45, 7) is 4.14. The number of carbonyl (C=O) groups excluding carboxylic acids is 1. The molecule has 188 valence electrons. The standard InChI is InChI=1S/C27H32F3N3OS/c1-3-17-7-6-8-18(13-17)26(34)31-21-14-19(27(28,29)30)15-24-25(21)32(2)22-10-9-20(16-23(22)35-24)33-11-4-5-12-33/h9-10,14-18H,3-8,11-13H2,1-2H3,(H,31,34). The summed E-state index contributed by atoms with van der Waals surface area (Å²) in [4.78, 5) is 18.9. The number of nitrogens with zero attached hydrogens (tertiary/aromatic N) is 2. The predicted molar refractivity (Wildman–Crippen MR) is 136 cm³/mol. The molecule has 0 bridgehead atoms. The quantitative estimate of drug-likeness (QED) is 0.464. The number of benzene rings is 2. The van der Waals surface area contributed by atoms with Crippen LogP contribution in [0.2, 0.25) is 0 Å². The van der Waals surface area contributed by atoms with E-state index in [1.165, 1.54) is 17.8 Å². The number of carbonyl (C=O) groups is 1. The molecule has 4 nitrogen and oxygen atoms in total. The van der Waals surface area contributed by atoms with Crippen molar-refractivity contribution in [2.75, 3.05) is 35.3 Å². The second-order valence-corrected chi connectivity index (χ2v) is 11.1. The number of anilines is 4. The zero-order chi connectivity index (χ0) is 24.7.